The van der Waals surface area contributed by atoms with Gasteiger partial charge < -0.3 is 24.7 Å². The van der Waals surface area contributed by atoms with Gasteiger partial charge in [-0.1, -0.05) is 39.5 Å². The maximum atomic E-state index is 11.5. The Morgan fingerprint density at radius 2 is 1.58 bits per heavy atom. The number of aliphatic hydroxyl groups is 1. The van der Waals surface area contributed by atoms with E-state index in [1.54, 1.807) is 6.92 Å². The van der Waals surface area contributed by atoms with Gasteiger partial charge in [0.05, 0.1) is 0 Å². The van der Waals surface area contributed by atoms with E-state index in [9.17, 15) is 28.7 Å². The highest BCUT2D eigenvalue weighted by Gasteiger charge is 2.60. The molecule has 0 aliphatic carbocycles. The Kier molecular flexibility index (Phi) is 7.42. The van der Waals surface area contributed by atoms with Crippen LogP contribution in [0.1, 0.15) is 46.0 Å². The average molecular weight is 317 g/mol. The van der Waals surface area contributed by atoms with Crippen LogP contribution in [0.3, 0.4) is 0 Å². The first-order valence-electron chi connectivity index (χ1n) is 6.15. The lowest BCUT2D eigenvalue weighted by molar-refractivity contribution is 0.245. The number of aliphatic hydroxyl groups excluding tert-OH is 1. The quantitative estimate of drug-likeness (QED) is 0.411. The molecule has 1 unspecified atom stereocenters. The Balaban J connectivity index is 5.38. The largest absolute Gasteiger partial charge is 0.388 e. The van der Waals surface area contributed by atoms with Crippen molar-refractivity contribution in [3.8, 4) is 0 Å². The minimum absolute atomic E-state index is 0.0108. The standard InChI is InChI=1S/C10H23O7P2/c1-3-5-6-9(4-2)7-10(8-11,18(12,13)14)19(15,16)17/h8-9,11H,3-7H2,1-2H3,(H2,12,13,14)(H2,15,16,17). The highest BCUT2D eigenvalue weighted by atomic mass is 31.2. The second-order valence-corrected chi connectivity index (χ2v) is 8.84. The summed E-state index contributed by atoms with van der Waals surface area (Å²) >= 11 is 0. The van der Waals surface area contributed by atoms with Gasteiger partial charge in [-0.25, -0.2) is 0 Å². The molecule has 5 N–H and O–H groups in total. The van der Waals surface area contributed by atoms with Crippen LogP contribution in [-0.2, 0) is 9.13 Å². The first kappa shape index (κ1) is 19.3. The van der Waals surface area contributed by atoms with Gasteiger partial charge in [0, 0.05) is 0 Å². The van der Waals surface area contributed by atoms with Crippen molar-refractivity contribution in [2.75, 3.05) is 0 Å². The van der Waals surface area contributed by atoms with E-state index in [1.807, 2.05) is 6.92 Å². The number of rotatable bonds is 9. The lowest BCUT2D eigenvalue weighted by Crippen LogP contribution is -2.32. The molecule has 0 amide bonds. The normalized spacial score (nSPS) is 15.5. The van der Waals surface area contributed by atoms with E-state index >= 15 is 0 Å². The van der Waals surface area contributed by atoms with Gasteiger partial charge in [-0.05, 0) is 12.3 Å². The number of unbranched alkanes of at least 4 members (excludes halogenated alkanes) is 1. The third-order valence-electron chi connectivity index (χ3n) is 3.35. The maximum absolute atomic E-state index is 11.5. The van der Waals surface area contributed by atoms with Crippen molar-refractivity contribution in [2.24, 2.45) is 5.92 Å². The molecule has 0 heterocycles. The molecule has 0 aromatic heterocycles. The third kappa shape index (κ3) is 4.64. The molecule has 0 aromatic rings. The van der Waals surface area contributed by atoms with Crippen molar-refractivity contribution in [1.29, 1.82) is 0 Å². The maximum Gasteiger partial charge on any atom is 0.346 e. The lowest BCUT2D eigenvalue weighted by Gasteiger charge is -2.35. The molecular formula is C10H23O7P2. The van der Waals surface area contributed by atoms with Crippen molar-refractivity contribution < 1.29 is 33.8 Å². The summed E-state index contributed by atoms with van der Waals surface area (Å²) in [7, 11) is -10.4. The second kappa shape index (κ2) is 7.32. The summed E-state index contributed by atoms with van der Waals surface area (Å²) in [6.45, 7) is 3.72. The fourth-order valence-corrected chi connectivity index (χ4v) is 4.63. The molecule has 0 fully saturated rings. The molecule has 0 spiro atoms. The molecule has 0 saturated carbocycles. The van der Waals surface area contributed by atoms with Gasteiger partial charge >= 0.3 is 15.2 Å². The van der Waals surface area contributed by atoms with E-state index in [2.05, 4.69) is 0 Å². The van der Waals surface area contributed by atoms with Crippen LogP contribution in [0.5, 0.6) is 0 Å². The van der Waals surface area contributed by atoms with Crippen LogP contribution in [0.25, 0.3) is 0 Å². The molecule has 0 aliphatic rings. The monoisotopic (exact) mass is 317 g/mol. The summed E-state index contributed by atoms with van der Waals surface area (Å²) in [6, 6.07) is 0. The Morgan fingerprint density at radius 3 is 1.84 bits per heavy atom. The molecule has 0 bridgehead atoms. The SMILES string of the molecule is CCCCC(CC)CC([CH]O)(P(=O)(O)O)P(=O)(O)O. The van der Waals surface area contributed by atoms with Crippen molar-refractivity contribution in [2.45, 2.75) is 50.8 Å². The van der Waals surface area contributed by atoms with Gasteiger partial charge in [0.2, 0.25) is 4.90 Å². The second-order valence-electron chi connectivity index (χ2n) is 4.72. The van der Waals surface area contributed by atoms with Gasteiger partial charge in [-0.3, -0.25) is 9.13 Å². The van der Waals surface area contributed by atoms with Crippen LogP contribution in [-0.4, -0.2) is 29.6 Å². The summed E-state index contributed by atoms with van der Waals surface area (Å²) in [5.74, 6) is -0.274. The summed E-state index contributed by atoms with van der Waals surface area (Å²) in [5, 5.41) is 9.11. The van der Waals surface area contributed by atoms with Crippen molar-refractivity contribution >= 4 is 15.2 Å². The van der Waals surface area contributed by atoms with E-state index in [-0.39, 0.29) is 12.5 Å². The molecule has 1 atom stereocenters. The van der Waals surface area contributed by atoms with E-state index in [0.717, 1.165) is 12.8 Å². The minimum Gasteiger partial charge on any atom is -0.388 e. The van der Waals surface area contributed by atoms with E-state index in [4.69, 9.17) is 5.11 Å². The van der Waals surface area contributed by atoms with Crippen LogP contribution < -0.4 is 0 Å². The van der Waals surface area contributed by atoms with Crippen LogP contribution >= 0.6 is 15.2 Å². The molecule has 19 heavy (non-hydrogen) atoms. The molecule has 0 saturated heterocycles. The van der Waals surface area contributed by atoms with Gasteiger partial charge in [-0.2, -0.15) is 0 Å². The predicted molar refractivity (Wildman–Crippen MR) is 71.0 cm³/mol. The molecular weight excluding hydrogens is 294 g/mol. The van der Waals surface area contributed by atoms with Gasteiger partial charge in [0.25, 0.3) is 0 Å². The molecule has 0 rings (SSSR count). The van der Waals surface area contributed by atoms with E-state index < -0.39 is 26.5 Å². The highest BCUT2D eigenvalue weighted by Crippen LogP contribution is 2.72. The van der Waals surface area contributed by atoms with Gasteiger partial charge in [0.1, 0.15) is 6.61 Å². The Hall–Kier alpha value is 0.260. The van der Waals surface area contributed by atoms with Crippen molar-refractivity contribution in [3.63, 3.8) is 0 Å². The summed E-state index contributed by atoms with van der Waals surface area (Å²) < 4.78 is 22.9. The highest BCUT2D eigenvalue weighted by molar-refractivity contribution is 7.72. The average Bonchev–Trinajstić information content (AvgIpc) is 2.26. The lowest BCUT2D eigenvalue weighted by atomic mass is 9.94. The van der Waals surface area contributed by atoms with Gasteiger partial charge in [-0.15, -0.1) is 0 Å². The van der Waals surface area contributed by atoms with Crippen molar-refractivity contribution in [1.82, 2.24) is 0 Å². The first-order valence-corrected chi connectivity index (χ1v) is 9.38. The van der Waals surface area contributed by atoms with Gasteiger partial charge in [0.15, 0.2) is 0 Å². The Labute approximate surface area is 113 Å². The van der Waals surface area contributed by atoms with Crippen LogP contribution in [0, 0.1) is 12.5 Å². The van der Waals surface area contributed by atoms with E-state index in [0.29, 0.717) is 12.8 Å². The molecule has 1 radical (unpaired) electrons. The fourth-order valence-electron chi connectivity index (χ4n) is 1.98. The molecule has 115 valence electrons. The van der Waals surface area contributed by atoms with Crippen LogP contribution in [0.4, 0.5) is 0 Å². The van der Waals surface area contributed by atoms with Crippen LogP contribution in [0.15, 0.2) is 0 Å². The van der Waals surface area contributed by atoms with E-state index in [1.165, 1.54) is 0 Å². The molecule has 0 aliphatic heterocycles. The molecule has 9 heteroatoms. The van der Waals surface area contributed by atoms with Crippen molar-refractivity contribution in [3.05, 3.63) is 6.61 Å². The predicted octanol–water partition coefficient (Wildman–Crippen LogP) is 2.18. The summed E-state index contributed by atoms with van der Waals surface area (Å²) in [6.07, 6.45) is 2.35. The number of hydrogen-bond donors (Lipinski definition) is 5. The zero-order valence-corrected chi connectivity index (χ0v) is 12.9. The Bertz CT molecular complexity index is 337. The van der Waals surface area contributed by atoms with Crippen LogP contribution in [0.2, 0.25) is 0 Å². The molecule has 0 aromatic carbocycles. The fraction of sp³-hybridized carbons (Fsp3) is 0.900. The third-order valence-corrected chi connectivity index (χ3v) is 7.52. The summed E-state index contributed by atoms with van der Waals surface area (Å²) in [5.41, 5.74) is 0. The minimum atomic E-state index is -5.20. The first-order chi connectivity index (χ1) is 8.55. The zero-order chi connectivity index (χ0) is 15.3. The summed E-state index contributed by atoms with van der Waals surface area (Å²) in [4.78, 5) is 34.2. The number of hydrogen-bond acceptors (Lipinski definition) is 3. The molecule has 7 nitrogen and oxygen atoms in total. The smallest absolute Gasteiger partial charge is 0.346 e. The zero-order valence-electron chi connectivity index (χ0n) is 11.1. The Morgan fingerprint density at radius 1 is 1.11 bits per heavy atom. The topological polar surface area (TPSA) is 135 Å².